The molecule has 1 aromatic rings. The van der Waals surface area contributed by atoms with Gasteiger partial charge >= 0.3 is 5.97 Å². The number of hydrogen-bond acceptors (Lipinski definition) is 4. The molecule has 1 rings (SSSR count). The summed E-state index contributed by atoms with van der Waals surface area (Å²) in [6.45, 7) is -0.0867. The van der Waals surface area contributed by atoms with E-state index >= 15 is 0 Å². The third kappa shape index (κ3) is 2.89. The Balaban J connectivity index is 3.03. The summed E-state index contributed by atoms with van der Waals surface area (Å²) in [5.74, 6) is -0.576. The van der Waals surface area contributed by atoms with Crippen LogP contribution in [-0.2, 0) is 0 Å². The highest BCUT2D eigenvalue weighted by Gasteiger charge is 2.08. The summed E-state index contributed by atoms with van der Waals surface area (Å²) in [4.78, 5) is 11.5. The monoisotopic (exact) mass is 223 g/mol. The Labute approximate surface area is 91.5 Å². The average Bonchev–Trinajstić information content (AvgIpc) is 2.25. The predicted molar refractivity (Wildman–Crippen MR) is 56.3 cm³/mol. The van der Waals surface area contributed by atoms with Crippen LogP contribution in [0.15, 0.2) is 23.1 Å². The molecule has 0 aliphatic rings. The fourth-order valence-electron chi connectivity index (χ4n) is 1.03. The minimum absolute atomic E-state index is 0.0867. The number of thioether (sulfide) groups is 1. The van der Waals surface area contributed by atoms with Gasteiger partial charge in [-0.25, -0.2) is 4.79 Å². The smallest absolute Gasteiger partial charge is 0.335 e. The van der Waals surface area contributed by atoms with Crippen molar-refractivity contribution >= 4 is 17.7 Å². The molecule has 0 atom stereocenters. The quantitative estimate of drug-likeness (QED) is 0.790. The van der Waals surface area contributed by atoms with E-state index in [9.17, 15) is 4.79 Å². The van der Waals surface area contributed by atoms with Gasteiger partial charge in [0.25, 0.3) is 0 Å². The standard InChI is InChI=1S/C10H9NO3S/c1-15-9-3-2-7(10(12)13)6-8(9)14-5-4-11/h2-3,6H,5H2,1H3,(H,12,13). The molecule has 0 amide bonds. The van der Waals surface area contributed by atoms with E-state index in [0.29, 0.717) is 5.75 Å². The van der Waals surface area contributed by atoms with E-state index in [-0.39, 0.29) is 12.2 Å². The lowest BCUT2D eigenvalue weighted by Gasteiger charge is -2.07. The van der Waals surface area contributed by atoms with Crippen molar-refractivity contribution in [3.63, 3.8) is 0 Å². The fraction of sp³-hybridized carbons (Fsp3) is 0.200. The zero-order chi connectivity index (χ0) is 11.3. The maximum Gasteiger partial charge on any atom is 0.335 e. The van der Waals surface area contributed by atoms with Gasteiger partial charge in [-0.3, -0.25) is 0 Å². The number of nitrogens with zero attached hydrogens (tertiary/aromatic N) is 1. The van der Waals surface area contributed by atoms with E-state index in [1.807, 2.05) is 12.3 Å². The summed E-state index contributed by atoms with van der Waals surface area (Å²) in [6, 6.07) is 6.43. The molecule has 0 aliphatic carbocycles. The van der Waals surface area contributed by atoms with E-state index in [4.69, 9.17) is 15.1 Å². The number of aromatic carboxylic acids is 1. The molecule has 0 heterocycles. The molecule has 0 saturated heterocycles. The van der Waals surface area contributed by atoms with Gasteiger partial charge in [-0.2, -0.15) is 5.26 Å². The molecule has 0 radical (unpaired) electrons. The normalized spacial score (nSPS) is 9.33. The molecule has 0 aromatic heterocycles. The van der Waals surface area contributed by atoms with Crippen molar-refractivity contribution < 1.29 is 14.6 Å². The summed E-state index contributed by atoms with van der Waals surface area (Å²) in [7, 11) is 0. The van der Waals surface area contributed by atoms with Gasteiger partial charge in [-0.15, -0.1) is 11.8 Å². The molecule has 15 heavy (non-hydrogen) atoms. The number of hydrogen-bond donors (Lipinski definition) is 1. The fourth-order valence-corrected chi connectivity index (χ4v) is 1.56. The number of carboxylic acids is 1. The number of ether oxygens (including phenoxy) is 1. The van der Waals surface area contributed by atoms with Gasteiger partial charge in [-0.05, 0) is 24.5 Å². The maximum atomic E-state index is 10.7. The van der Waals surface area contributed by atoms with Gasteiger partial charge in [0.1, 0.15) is 11.8 Å². The Bertz CT molecular complexity index is 412. The van der Waals surface area contributed by atoms with E-state index in [2.05, 4.69) is 0 Å². The first-order chi connectivity index (χ1) is 7.19. The molecule has 4 nitrogen and oxygen atoms in total. The van der Waals surface area contributed by atoms with Crippen LogP contribution in [0.4, 0.5) is 0 Å². The van der Waals surface area contributed by atoms with Crippen LogP contribution in [0.25, 0.3) is 0 Å². The molecule has 78 valence electrons. The van der Waals surface area contributed by atoms with Crippen LogP contribution in [0.2, 0.25) is 0 Å². The van der Waals surface area contributed by atoms with Crippen LogP contribution in [0, 0.1) is 11.3 Å². The van der Waals surface area contributed by atoms with Gasteiger partial charge in [0.2, 0.25) is 0 Å². The van der Waals surface area contributed by atoms with Gasteiger partial charge < -0.3 is 9.84 Å². The first kappa shape index (κ1) is 11.4. The lowest BCUT2D eigenvalue weighted by atomic mass is 10.2. The highest BCUT2D eigenvalue weighted by Crippen LogP contribution is 2.28. The third-order valence-electron chi connectivity index (χ3n) is 1.70. The van der Waals surface area contributed by atoms with Gasteiger partial charge in [0.15, 0.2) is 6.61 Å². The minimum atomic E-state index is -1.01. The number of nitriles is 1. The van der Waals surface area contributed by atoms with E-state index in [0.717, 1.165) is 4.90 Å². The van der Waals surface area contributed by atoms with E-state index < -0.39 is 5.97 Å². The highest BCUT2D eigenvalue weighted by atomic mass is 32.2. The second kappa shape index (κ2) is 5.27. The minimum Gasteiger partial charge on any atom is -0.478 e. The predicted octanol–water partition coefficient (Wildman–Crippen LogP) is 2.01. The Hall–Kier alpha value is -1.67. The van der Waals surface area contributed by atoms with Crippen LogP contribution in [0.3, 0.4) is 0 Å². The first-order valence-corrected chi connectivity index (χ1v) is 5.32. The molecule has 0 spiro atoms. The van der Waals surface area contributed by atoms with Gasteiger partial charge in [0.05, 0.1) is 5.56 Å². The summed E-state index contributed by atoms with van der Waals surface area (Å²) in [6.07, 6.45) is 1.86. The Morgan fingerprint density at radius 3 is 2.93 bits per heavy atom. The number of benzene rings is 1. The molecule has 0 unspecified atom stereocenters. The summed E-state index contributed by atoms with van der Waals surface area (Å²) in [5, 5.41) is 17.1. The van der Waals surface area contributed by atoms with Crippen molar-refractivity contribution in [1.29, 1.82) is 5.26 Å². The lowest BCUT2D eigenvalue weighted by Crippen LogP contribution is -2.00. The zero-order valence-electron chi connectivity index (χ0n) is 8.06. The maximum absolute atomic E-state index is 10.7. The van der Waals surface area contributed by atoms with E-state index in [1.165, 1.54) is 23.9 Å². The summed E-state index contributed by atoms with van der Waals surface area (Å²) in [5.41, 5.74) is 0.153. The van der Waals surface area contributed by atoms with Crippen molar-refractivity contribution in [2.75, 3.05) is 12.9 Å². The molecule has 0 aliphatic heterocycles. The SMILES string of the molecule is CSc1ccc(C(=O)O)cc1OCC#N. The highest BCUT2D eigenvalue weighted by molar-refractivity contribution is 7.98. The average molecular weight is 223 g/mol. The molecule has 1 N–H and O–H groups in total. The zero-order valence-corrected chi connectivity index (χ0v) is 8.87. The molecular formula is C10H9NO3S. The van der Waals surface area contributed by atoms with Crippen LogP contribution < -0.4 is 4.74 Å². The molecule has 1 aromatic carbocycles. The number of carboxylic acid groups (broad SMARTS) is 1. The molecular weight excluding hydrogens is 214 g/mol. The van der Waals surface area contributed by atoms with Crippen molar-refractivity contribution in [2.24, 2.45) is 0 Å². The van der Waals surface area contributed by atoms with Crippen LogP contribution >= 0.6 is 11.8 Å². The molecule has 0 fully saturated rings. The lowest BCUT2D eigenvalue weighted by molar-refractivity contribution is 0.0696. The summed E-state index contributed by atoms with van der Waals surface area (Å²) < 4.78 is 5.12. The van der Waals surface area contributed by atoms with Crippen LogP contribution in [-0.4, -0.2) is 23.9 Å². The Morgan fingerprint density at radius 2 is 2.40 bits per heavy atom. The first-order valence-electron chi connectivity index (χ1n) is 4.10. The van der Waals surface area contributed by atoms with Crippen LogP contribution in [0.1, 0.15) is 10.4 Å². The molecule has 5 heteroatoms. The molecule has 0 bridgehead atoms. The second-order valence-corrected chi connectivity index (χ2v) is 3.47. The van der Waals surface area contributed by atoms with Crippen LogP contribution in [0.5, 0.6) is 5.75 Å². The third-order valence-corrected chi connectivity index (χ3v) is 2.48. The van der Waals surface area contributed by atoms with E-state index in [1.54, 1.807) is 6.07 Å². The number of carbonyl (C=O) groups is 1. The largest absolute Gasteiger partial charge is 0.478 e. The second-order valence-electron chi connectivity index (χ2n) is 2.62. The van der Waals surface area contributed by atoms with Crippen molar-refractivity contribution in [1.82, 2.24) is 0 Å². The van der Waals surface area contributed by atoms with Gasteiger partial charge in [0, 0.05) is 4.90 Å². The van der Waals surface area contributed by atoms with Crippen molar-refractivity contribution in [3.05, 3.63) is 23.8 Å². The van der Waals surface area contributed by atoms with Gasteiger partial charge in [-0.1, -0.05) is 0 Å². The summed E-state index contributed by atoms with van der Waals surface area (Å²) >= 11 is 1.44. The topological polar surface area (TPSA) is 70.3 Å². The Morgan fingerprint density at radius 1 is 1.67 bits per heavy atom. The molecule has 0 saturated carbocycles. The van der Waals surface area contributed by atoms with Crippen molar-refractivity contribution in [2.45, 2.75) is 4.90 Å². The Kier molecular flexibility index (Phi) is 4.01. The number of rotatable bonds is 4. The van der Waals surface area contributed by atoms with Crippen molar-refractivity contribution in [3.8, 4) is 11.8 Å².